The van der Waals surface area contributed by atoms with Crippen LogP contribution < -0.4 is 0 Å². The molecule has 1 heterocycles. The van der Waals surface area contributed by atoms with Crippen molar-refractivity contribution in [2.75, 3.05) is 13.1 Å². The molecular formula is C14H25N3O. The van der Waals surface area contributed by atoms with Crippen LogP contribution in [0.15, 0.2) is 12.5 Å². The molecule has 0 atom stereocenters. The maximum Gasteiger partial charge on any atom is 0.222 e. The van der Waals surface area contributed by atoms with Crippen molar-refractivity contribution < 1.29 is 4.79 Å². The molecule has 0 bridgehead atoms. The molecule has 1 aromatic heterocycles. The van der Waals surface area contributed by atoms with E-state index in [9.17, 15) is 4.79 Å². The molecule has 102 valence electrons. The molecule has 1 N–H and O–H groups in total. The van der Waals surface area contributed by atoms with E-state index in [1.54, 1.807) is 12.5 Å². The highest BCUT2D eigenvalue weighted by Crippen LogP contribution is 2.05. The van der Waals surface area contributed by atoms with Crippen molar-refractivity contribution in [1.82, 2.24) is 14.9 Å². The van der Waals surface area contributed by atoms with E-state index in [0.717, 1.165) is 50.9 Å². The van der Waals surface area contributed by atoms with E-state index in [1.807, 2.05) is 4.90 Å². The first-order valence-electron chi connectivity index (χ1n) is 7.03. The van der Waals surface area contributed by atoms with Crippen molar-refractivity contribution >= 4 is 5.91 Å². The van der Waals surface area contributed by atoms with Gasteiger partial charge in [-0.1, -0.05) is 26.7 Å². The molecule has 4 nitrogen and oxygen atoms in total. The van der Waals surface area contributed by atoms with Gasteiger partial charge in [0.1, 0.15) is 0 Å². The maximum absolute atomic E-state index is 12.1. The summed E-state index contributed by atoms with van der Waals surface area (Å²) in [5.74, 6) is 0.270. The average Bonchev–Trinajstić information content (AvgIpc) is 2.89. The second-order valence-electron chi connectivity index (χ2n) is 4.66. The van der Waals surface area contributed by atoms with Crippen LogP contribution >= 0.6 is 0 Å². The van der Waals surface area contributed by atoms with E-state index >= 15 is 0 Å². The number of carbonyl (C=O) groups is 1. The Labute approximate surface area is 110 Å². The van der Waals surface area contributed by atoms with Crippen LogP contribution in [0.1, 0.15) is 51.6 Å². The highest BCUT2D eigenvalue weighted by atomic mass is 16.2. The summed E-state index contributed by atoms with van der Waals surface area (Å²) >= 11 is 0. The number of imidazole rings is 1. The summed E-state index contributed by atoms with van der Waals surface area (Å²) < 4.78 is 0. The van der Waals surface area contributed by atoms with Gasteiger partial charge in [0.25, 0.3) is 0 Å². The normalized spacial score (nSPS) is 10.6. The van der Waals surface area contributed by atoms with Gasteiger partial charge in [0.2, 0.25) is 5.91 Å². The number of rotatable bonds is 9. The van der Waals surface area contributed by atoms with Crippen LogP contribution in [0.4, 0.5) is 0 Å². The number of aromatic nitrogens is 2. The largest absolute Gasteiger partial charge is 0.348 e. The summed E-state index contributed by atoms with van der Waals surface area (Å²) in [6.45, 7) is 6.12. The van der Waals surface area contributed by atoms with Gasteiger partial charge in [0.15, 0.2) is 0 Å². The molecular weight excluding hydrogens is 226 g/mol. The zero-order valence-corrected chi connectivity index (χ0v) is 11.6. The number of hydrogen-bond donors (Lipinski definition) is 1. The topological polar surface area (TPSA) is 49.0 Å². The fourth-order valence-corrected chi connectivity index (χ4v) is 1.88. The van der Waals surface area contributed by atoms with Crippen molar-refractivity contribution in [2.24, 2.45) is 0 Å². The molecule has 0 fully saturated rings. The summed E-state index contributed by atoms with van der Waals surface area (Å²) in [7, 11) is 0. The maximum atomic E-state index is 12.1. The van der Waals surface area contributed by atoms with Crippen LogP contribution in [0.2, 0.25) is 0 Å². The molecule has 1 aromatic rings. The second-order valence-corrected chi connectivity index (χ2v) is 4.66. The van der Waals surface area contributed by atoms with Gasteiger partial charge in [-0.3, -0.25) is 4.79 Å². The molecule has 0 unspecified atom stereocenters. The lowest BCUT2D eigenvalue weighted by Crippen LogP contribution is -2.33. The predicted octanol–water partition coefficient (Wildman–Crippen LogP) is 2.77. The second kappa shape index (κ2) is 8.72. The van der Waals surface area contributed by atoms with Crippen LogP contribution in [0.25, 0.3) is 0 Å². The number of H-pyrrole nitrogens is 1. The first kappa shape index (κ1) is 14.7. The van der Waals surface area contributed by atoms with Gasteiger partial charge in [-0.2, -0.15) is 0 Å². The number of aryl methyl sites for hydroxylation is 1. The van der Waals surface area contributed by atoms with E-state index in [0.29, 0.717) is 6.42 Å². The average molecular weight is 251 g/mol. The lowest BCUT2D eigenvalue weighted by Gasteiger charge is -2.22. The molecule has 0 saturated heterocycles. The van der Waals surface area contributed by atoms with E-state index in [1.165, 1.54) is 0 Å². The SMILES string of the molecule is CCCCN(CCCC)C(=O)CCc1cnc[nH]1. The number of unbranched alkanes of at least 4 members (excludes halogenated alkanes) is 2. The molecule has 1 rings (SSSR count). The zero-order valence-electron chi connectivity index (χ0n) is 11.6. The van der Waals surface area contributed by atoms with E-state index in [4.69, 9.17) is 0 Å². The zero-order chi connectivity index (χ0) is 13.2. The Morgan fingerprint density at radius 2 is 1.94 bits per heavy atom. The van der Waals surface area contributed by atoms with Crippen molar-refractivity contribution in [3.63, 3.8) is 0 Å². The highest BCUT2D eigenvalue weighted by Gasteiger charge is 2.12. The Hall–Kier alpha value is -1.32. The third-order valence-electron chi connectivity index (χ3n) is 3.08. The lowest BCUT2D eigenvalue weighted by atomic mass is 10.2. The van der Waals surface area contributed by atoms with Gasteiger partial charge in [-0.15, -0.1) is 0 Å². The number of carbonyl (C=O) groups excluding carboxylic acids is 1. The third kappa shape index (κ3) is 5.34. The van der Waals surface area contributed by atoms with Crippen LogP contribution in [0, 0.1) is 0 Å². The minimum absolute atomic E-state index is 0.270. The molecule has 0 radical (unpaired) electrons. The van der Waals surface area contributed by atoms with Gasteiger partial charge in [0, 0.05) is 31.4 Å². The number of amides is 1. The van der Waals surface area contributed by atoms with Gasteiger partial charge < -0.3 is 9.88 Å². The summed E-state index contributed by atoms with van der Waals surface area (Å²) in [5.41, 5.74) is 1.04. The first-order valence-corrected chi connectivity index (χ1v) is 7.03. The third-order valence-corrected chi connectivity index (χ3v) is 3.08. The fourth-order valence-electron chi connectivity index (χ4n) is 1.88. The fraction of sp³-hybridized carbons (Fsp3) is 0.714. The first-order chi connectivity index (χ1) is 8.77. The van der Waals surface area contributed by atoms with Crippen LogP contribution in [-0.2, 0) is 11.2 Å². The number of aromatic amines is 1. The van der Waals surface area contributed by atoms with Crippen molar-refractivity contribution in [3.8, 4) is 0 Å². The summed E-state index contributed by atoms with van der Waals surface area (Å²) in [6, 6.07) is 0. The minimum Gasteiger partial charge on any atom is -0.348 e. The Bertz CT molecular complexity index is 314. The van der Waals surface area contributed by atoms with Gasteiger partial charge >= 0.3 is 0 Å². The molecule has 0 aromatic carbocycles. The Morgan fingerprint density at radius 1 is 1.28 bits per heavy atom. The molecule has 18 heavy (non-hydrogen) atoms. The number of nitrogens with zero attached hydrogens (tertiary/aromatic N) is 2. The van der Waals surface area contributed by atoms with Gasteiger partial charge in [-0.25, -0.2) is 4.98 Å². The van der Waals surface area contributed by atoms with Crippen molar-refractivity contribution in [3.05, 3.63) is 18.2 Å². The van der Waals surface area contributed by atoms with Crippen LogP contribution in [0.5, 0.6) is 0 Å². The summed E-state index contributed by atoms with van der Waals surface area (Å²) in [6.07, 6.45) is 9.25. The Kier molecular flexibility index (Phi) is 7.14. The van der Waals surface area contributed by atoms with Crippen LogP contribution in [0.3, 0.4) is 0 Å². The van der Waals surface area contributed by atoms with Gasteiger partial charge in [0.05, 0.1) is 6.33 Å². The van der Waals surface area contributed by atoms with Crippen molar-refractivity contribution in [2.45, 2.75) is 52.4 Å². The molecule has 0 spiro atoms. The van der Waals surface area contributed by atoms with E-state index in [2.05, 4.69) is 23.8 Å². The molecule has 0 saturated carbocycles. The molecule has 0 aliphatic rings. The minimum atomic E-state index is 0.270. The predicted molar refractivity (Wildman–Crippen MR) is 73.3 cm³/mol. The molecule has 1 amide bonds. The number of hydrogen-bond acceptors (Lipinski definition) is 2. The van der Waals surface area contributed by atoms with Crippen molar-refractivity contribution in [1.29, 1.82) is 0 Å². The Balaban J connectivity index is 2.36. The summed E-state index contributed by atoms with van der Waals surface area (Å²) in [5, 5.41) is 0. The van der Waals surface area contributed by atoms with Crippen LogP contribution in [-0.4, -0.2) is 33.9 Å². The molecule has 4 heteroatoms. The Morgan fingerprint density at radius 3 is 2.44 bits per heavy atom. The highest BCUT2D eigenvalue weighted by molar-refractivity contribution is 5.76. The monoisotopic (exact) mass is 251 g/mol. The standard InChI is InChI=1S/C14H25N3O/c1-3-5-9-17(10-6-4-2)14(18)8-7-13-11-15-12-16-13/h11-12H,3-10H2,1-2H3,(H,15,16). The van der Waals surface area contributed by atoms with E-state index < -0.39 is 0 Å². The van der Waals surface area contributed by atoms with Gasteiger partial charge in [-0.05, 0) is 19.3 Å². The lowest BCUT2D eigenvalue weighted by molar-refractivity contribution is -0.131. The summed E-state index contributed by atoms with van der Waals surface area (Å²) in [4.78, 5) is 21.2. The smallest absolute Gasteiger partial charge is 0.222 e. The van der Waals surface area contributed by atoms with E-state index in [-0.39, 0.29) is 5.91 Å². The quantitative estimate of drug-likeness (QED) is 0.733. The molecule has 0 aliphatic carbocycles. The molecule has 0 aliphatic heterocycles. The number of nitrogens with one attached hydrogen (secondary N) is 1.